The van der Waals surface area contributed by atoms with Crippen LogP contribution in [0.3, 0.4) is 0 Å². The van der Waals surface area contributed by atoms with Crippen LogP contribution in [0.5, 0.6) is 0 Å². The first-order chi connectivity index (χ1) is 12.5. The molecule has 0 spiro atoms. The van der Waals surface area contributed by atoms with E-state index < -0.39 is 10.1 Å². The van der Waals surface area contributed by atoms with E-state index in [-0.39, 0.29) is 34.5 Å². The molecule has 0 N–H and O–H groups in total. The van der Waals surface area contributed by atoms with Crippen LogP contribution >= 0.6 is 0 Å². The van der Waals surface area contributed by atoms with Gasteiger partial charge >= 0.3 is 29.6 Å². The van der Waals surface area contributed by atoms with E-state index in [1.54, 1.807) is 12.1 Å². The van der Waals surface area contributed by atoms with E-state index in [2.05, 4.69) is 6.92 Å². The van der Waals surface area contributed by atoms with Crippen LogP contribution in [0.15, 0.2) is 41.3 Å². The fourth-order valence-corrected chi connectivity index (χ4v) is 4.19. The fraction of sp³-hybridized carbons (Fsp3) is 0.545. The zero-order valence-electron chi connectivity index (χ0n) is 16.9. The number of aryl methyl sites for hydroxylation is 1. The minimum absolute atomic E-state index is 0. The molecule has 0 saturated heterocycles. The molecule has 0 aliphatic rings. The second-order valence-corrected chi connectivity index (χ2v) is 8.55. The molecule has 0 atom stereocenters. The molecule has 0 amide bonds. The Balaban J connectivity index is 0.00000364. The van der Waals surface area contributed by atoms with Crippen LogP contribution in [0.25, 0.3) is 10.8 Å². The number of fused-ring (bicyclic) bond motifs is 1. The number of hydrogen-bond acceptors (Lipinski definition) is 3. The molecular weight excluding hydrogens is 367 g/mol. The number of benzene rings is 2. The third-order valence-electron chi connectivity index (χ3n) is 4.99. The molecule has 0 fully saturated rings. The van der Waals surface area contributed by atoms with Crippen molar-refractivity contribution in [3.8, 4) is 0 Å². The van der Waals surface area contributed by atoms with Gasteiger partial charge in [-0.2, -0.15) is 0 Å². The van der Waals surface area contributed by atoms with Crippen molar-refractivity contribution in [1.29, 1.82) is 0 Å². The van der Waals surface area contributed by atoms with E-state index in [1.165, 1.54) is 69.4 Å². The maximum Gasteiger partial charge on any atom is 1.00 e. The van der Waals surface area contributed by atoms with Gasteiger partial charge in [-0.3, -0.25) is 0 Å². The Hall–Kier alpha value is -0.390. The normalized spacial score (nSPS) is 11.5. The minimum atomic E-state index is -4.43. The van der Waals surface area contributed by atoms with Gasteiger partial charge in [0.1, 0.15) is 10.1 Å². The molecule has 144 valence electrons. The standard InChI is InChI=1S/C22H32O3S.Na/c1-2-3-4-5-6-7-8-9-10-11-13-19-16-17-21-20(18-19)14-12-15-22(21)26(23,24)25;/h12,14-18H,2-11,13H2,1H3,(H,23,24,25);/q;+1/p-1. The van der Waals surface area contributed by atoms with Gasteiger partial charge in [-0.1, -0.05) is 95.0 Å². The van der Waals surface area contributed by atoms with Crippen LogP contribution in [0.2, 0.25) is 0 Å². The van der Waals surface area contributed by atoms with Gasteiger partial charge in [0.2, 0.25) is 0 Å². The van der Waals surface area contributed by atoms with Crippen molar-refractivity contribution < 1.29 is 42.5 Å². The Kier molecular flexibility index (Phi) is 11.8. The van der Waals surface area contributed by atoms with Gasteiger partial charge in [-0.05, 0) is 35.2 Å². The van der Waals surface area contributed by atoms with Crippen molar-refractivity contribution in [1.82, 2.24) is 0 Å². The smallest absolute Gasteiger partial charge is 0.744 e. The molecule has 2 rings (SSSR count). The molecule has 0 aliphatic heterocycles. The van der Waals surface area contributed by atoms with Crippen molar-refractivity contribution in [2.24, 2.45) is 0 Å². The quantitative estimate of drug-likeness (QED) is 0.313. The summed E-state index contributed by atoms with van der Waals surface area (Å²) in [6.45, 7) is 2.25. The molecule has 0 bridgehead atoms. The molecule has 5 heteroatoms. The van der Waals surface area contributed by atoms with Crippen LogP contribution < -0.4 is 29.6 Å². The molecule has 27 heavy (non-hydrogen) atoms. The van der Waals surface area contributed by atoms with E-state index in [1.807, 2.05) is 18.2 Å². The van der Waals surface area contributed by atoms with E-state index in [4.69, 9.17) is 0 Å². The summed E-state index contributed by atoms with van der Waals surface area (Å²) < 4.78 is 34.0. The summed E-state index contributed by atoms with van der Waals surface area (Å²) >= 11 is 0. The Labute approximate surface area is 187 Å². The largest absolute Gasteiger partial charge is 1.00 e. The maximum atomic E-state index is 11.3. The predicted octanol–water partition coefficient (Wildman–Crippen LogP) is 3.21. The maximum absolute atomic E-state index is 11.3. The van der Waals surface area contributed by atoms with Crippen LogP contribution in [0.1, 0.15) is 76.7 Å². The van der Waals surface area contributed by atoms with E-state index in [9.17, 15) is 13.0 Å². The average molecular weight is 399 g/mol. The summed E-state index contributed by atoms with van der Waals surface area (Å²) in [6, 6.07) is 10.6. The minimum Gasteiger partial charge on any atom is -0.744 e. The predicted molar refractivity (Wildman–Crippen MR) is 107 cm³/mol. The summed E-state index contributed by atoms with van der Waals surface area (Å²) in [5.41, 5.74) is 1.21. The topological polar surface area (TPSA) is 57.2 Å². The van der Waals surface area contributed by atoms with Crippen LogP contribution in [0.4, 0.5) is 0 Å². The molecule has 0 aromatic heterocycles. The number of unbranched alkanes of at least 4 members (excludes halogenated alkanes) is 9. The van der Waals surface area contributed by atoms with E-state index in [0.29, 0.717) is 5.39 Å². The van der Waals surface area contributed by atoms with Crippen LogP contribution in [-0.4, -0.2) is 13.0 Å². The number of hydrogen-bond donors (Lipinski definition) is 0. The molecule has 0 radical (unpaired) electrons. The molecule has 0 aliphatic carbocycles. The molecule has 0 unspecified atom stereocenters. The summed E-state index contributed by atoms with van der Waals surface area (Å²) in [6.07, 6.45) is 14.2. The molecule has 0 heterocycles. The second kappa shape index (κ2) is 12.9. The van der Waals surface area contributed by atoms with Gasteiger partial charge in [-0.25, -0.2) is 8.42 Å². The Morgan fingerprint density at radius 2 is 1.41 bits per heavy atom. The molecule has 2 aromatic rings. The average Bonchev–Trinajstić information content (AvgIpc) is 2.61. The number of rotatable bonds is 12. The van der Waals surface area contributed by atoms with E-state index in [0.717, 1.165) is 18.2 Å². The zero-order chi connectivity index (χ0) is 18.8. The molecule has 0 saturated carbocycles. The zero-order valence-corrected chi connectivity index (χ0v) is 19.7. The Morgan fingerprint density at radius 3 is 2.00 bits per heavy atom. The van der Waals surface area contributed by atoms with Crippen LogP contribution in [-0.2, 0) is 16.5 Å². The third kappa shape index (κ3) is 8.66. The fourth-order valence-electron chi connectivity index (χ4n) is 3.49. The third-order valence-corrected chi connectivity index (χ3v) is 5.89. The van der Waals surface area contributed by atoms with Gasteiger partial charge in [0, 0.05) is 0 Å². The van der Waals surface area contributed by atoms with Crippen molar-refractivity contribution in [3.05, 3.63) is 42.0 Å². The van der Waals surface area contributed by atoms with Gasteiger partial charge in [0.05, 0.1) is 4.90 Å². The van der Waals surface area contributed by atoms with Gasteiger partial charge in [0.25, 0.3) is 0 Å². The first-order valence-electron chi connectivity index (χ1n) is 10.00. The summed E-state index contributed by atoms with van der Waals surface area (Å²) in [5, 5.41) is 1.35. The van der Waals surface area contributed by atoms with Gasteiger partial charge in [0.15, 0.2) is 0 Å². The van der Waals surface area contributed by atoms with E-state index >= 15 is 0 Å². The van der Waals surface area contributed by atoms with Gasteiger partial charge < -0.3 is 4.55 Å². The first kappa shape index (κ1) is 24.6. The summed E-state index contributed by atoms with van der Waals surface area (Å²) in [7, 11) is -4.43. The Morgan fingerprint density at radius 1 is 0.815 bits per heavy atom. The van der Waals surface area contributed by atoms with Crippen molar-refractivity contribution in [2.75, 3.05) is 0 Å². The SMILES string of the molecule is CCCCCCCCCCCCc1ccc2c(S(=O)(=O)[O-])cccc2c1.[Na+]. The van der Waals surface area contributed by atoms with Gasteiger partial charge in [-0.15, -0.1) is 0 Å². The van der Waals surface area contributed by atoms with Crippen molar-refractivity contribution >= 4 is 20.9 Å². The second-order valence-electron chi connectivity index (χ2n) is 7.20. The summed E-state index contributed by atoms with van der Waals surface area (Å²) in [4.78, 5) is -0.125. The van der Waals surface area contributed by atoms with Crippen molar-refractivity contribution in [2.45, 2.75) is 82.4 Å². The monoisotopic (exact) mass is 398 g/mol. The molecule has 3 nitrogen and oxygen atoms in total. The Bertz CT molecular complexity index is 787. The van der Waals surface area contributed by atoms with Crippen molar-refractivity contribution in [3.63, 3.8) is 0 Å². The summed E-state index contributed by atoms with van der Waals surface area (Å²) in [5.74, 6) is 0. The van der Waals surface area contributed by atoms with Crippen LogP contribution in [0, 0.1) is 0 Å². The molecule has 2 aromatic carbocycles. The molecular formula is C22H31NaO3S. The first-order valence-corrected chi connectivity index (χ1v) is 11.4.